The molecule has 0 aliphatic carbocycles. The number of likely N-dealkylation sites (N-methyl/N-ethyl adjacent to an activating group) is 1. The maximum absolute atomic E-state index is 12.5. The van der Waals surface area contributed by atoms with E-state index in [9.17, 15) is 9.59 Å². The third-order valence-corrected chi connectivity index (χ3v) is 5.39. The highest BCUT2D eigenvalue weighted by atomic mass is 16.5. The molecule has 29 heavy (non-hydrogen) atoms. The van der Waals surface area contributed by atoms with Crippen molar-refractivity contribution >= 4 is 17.5 Å². The molecule has 1 fully saturated rings. The number of amides is 2. The van der Waals surface area contributed by atoms with Gasteiger partial charge in [0.05, 0.1) is 13.7 Å². The molecule has 2 amide bonds. The second kappa shape index (κ2) is 10.1. The maximum Gasteiger partial charge on any atom is 0.240 e. The van der Waals surface area contributed by atoms with Gasteiger partial charge in [-0.3, -0.25) is 14.5 Å². The summed E-state index contributed by atoms with van der Waals surface area (Å²) in [6.45, 7) is 3.16. The number of carbonyl (C=O) groups excluding carboxylic acids is 2. The first kappa shape index (κ1) is 20.9. The molecule has 3 rings (SSSR count). The van der Waals surface area contributed by atoms with E-state index in [1.54, 1.807) is 19.1 Å². The summed E-state index contributed by atoms with van der Waals surface area (Å²) in [5.74, 6) is 1.06. The van der Waals surface area contributed by atoms with E-state index >= 15 is 0 Å². The summed E-state index contributed by atoms with van der Waals surface area (Å²) >= 11 is 0. The van der Waals surface area contributed by atoms with Gasteiger partial charge in [-0.25, -0.2) is 0 Å². The van der Waals surface area contributed by atoms with E-state index in [0.717, 1.165) is 36.5 Å². The fraction of sp³-hybridized carbons (Fsp3) is 0.391. The molecular formula is C23H29N3O3. The van der Waals surface area contributed by atoms with Crippen LogP contribution in [-0.2, 0) is 16.0 Å². The summed E-state index contributed by atoms with van der Waals surface area (Å²) < 4.78 is 5.16. The Labute approximate surface area is 172 Å². The number of benzene rings is 2. The van der Waals surface area contributed by atoms with Gasteiger partial charge in [-0.1, -0.05) is 30.3 Å². The zero-order chi connectivity index (χ0) is 20.6. The van der Waals surface area contributed by atoms with Crippen molar-refractivity contribution in [2.24, 2.45) is 0 Å². The topological polar surface area (TPSA) is 53.1 Å². The summed E-state index contributed by atoms with van der Waals surface area (Å²) in [6.07, 6.45) is 1.23. The van der Waals surface area contributed by atoms with Crippen molar-refractivity contribution in [1.82, 2.24) is 9.80 Å². The monoisotopic (exact) mass is 395 g/mol. The van der Waals surface area contributed by atoms with Gasteiger partial charge in [0.15, 0.2) is 0 Å². The fourth-order valence-corrected chi connectivity index (χ4v) is 3.45. The summed E-state index contributed by atoms with van der Waals surface area (Å²) in [6, 6.07) is 17.5. The zero-order valence-corrected chi connectivity index (χ0v) is 17.2. The van der Waals surface area contributed by atoms with Crippen LogP contribution in [0.5, 0.6) is 5.75 Å². The molecule has 6 nitrogen and oxygen atoms in total. The summed E-state index contributed by atoms with van der Waals surface area (Å²) in [7, 11) is 3.45. The van der Waals surface area contributed by atoms with E-state index in [1.807, 2.05) is 59.5 Å². The largest absolute Gasteiger partial charge is 0.497 e. The second-order valence-corrected chi connectivity index (χ2v) is 7.29. The normalized spacial score (nSPS) is 14.5. The van der Waals surface area contributed by atoms with Crippen molar-refractivity contribution in [2.75, 3.05) is 51.8 Å². The van der Waals surface area contributed by atoms with Gasteiger partial charge in [0, 0.05) is 45.3 Å². The molecule has 2 aromatic carbocycles. The average molecular weight is 396 g/mol. The third kappa shape index (κ3) is 5.81. The Kier molecular flexibility index (Phi) is 7.25. The van der Waals surface area contributed by atoms with E-state index in [0.29, 0.717) is 26.1 Å². The summed E-state index contributed by atoms with van der Waals surface area (Å²) in [4.78, 5) is 30.8. The lowest BCUT2D eigenvalue weighted by Crippen LogP contribution is -2.51. The number of methoxy groups -OCH3 is 1. The smallest absolute Gasteiger partial charge is 0.240 e. The van der Waals surface area contributed by atoms with Crippen LogP contribution >= 0.6 is 0 Å². The van der Waals surface area contributed by atoms with Crippen LogP contribution in [0.2, 0.25) is 0 Å². The van der Waals surface area contributed by atoms with Crippen LogP contribution in [0.25, 0.3) is 0 Å². The number of hydrogen-bond donors (Lipinski definition) is 0. The number of rotatable bonds is 7. The van der Waals surface area contributed by atoms with Crippen LogP contribution in [0.1, 0.15) is 12.0 Å². The first-order valence-corrected chi connectivity index (χ1v) is 10.0. The van der Waals surface area contributed by atoms with Crippen molar-refractivity contribution in [1.29, 1.82) is 0 Å². The first-order valence-electron chi connectivity index (χ1n) is 10.0. The summed E-state index contributed by atoms with van der Waals surface area (Å²) in [5, 5.41) is 0. The highest BCUT2D eigenvalue weighted by Crippen LogP contribution is 2.14. The van der Waals surface area contributed by atoms with Gasteiger partial charge in [-0.05, 0) is 36.2 Å². The quantitative estimate of drug-likeness (QED) is 0.723. The Morgan fingerprint density at radius 3 is 2.24 bits per heavy atom. The molecule has 0 bridgehead atoms. The molecule has 1 heterocycles. The lowest BCUT2D eigenvalue weighted by molar-refractivity contribution is -0.133. The molecule has 0 atom stereocenters. The Balaban J connectivity index is 1.41. The van der Waals surface area contributed by atoms with Crippen LogP contribution in [0, 0.1) is 0 Å². The Morgan fingerprint density at radius 2 is 1.62 bits per heavy atom. The molecule has 0 N–H and O–H groups in total. The zero-order valence-electron chi connectivity index (χ0n) is 17.2. The Bertz CT molecular complexity index is 800. The molecule has 0 saturated carbocycles. The van der Waals surface area contributed by atoms with E-state index in [4.69, 9.17) is 4.74 Å². The van der Waals surface area contributed by atoms with Crippen molar-refractivity contribution in [3.8, 4) is 5.75 Å². The van der Waals surface area contributed by atoms with Crippen LogP contribution in [-0.4, -0.2) is 68.5 Å². The fourth-order valence-electron chi connectivity index (χ4n) is 3.45. The average Bonchev–Trinajstić information content (AvgIpc) is 2.78. The number of ether oxygens (including phenoxy) is 1. The lowest BCUT2D eigenvalue weighted by Gasteiger charge is -2.35. The minimum absolute atomic E-state index is 0.0653. The van der Waals surface area contributed by atoms with Gasteiger partial charge in [0.25, 0.3) is 0 Å². The number of para-hydroxylation sites is 1. The van der Waals surface area contributed by atoms with Gasteiger partial charge in [-0.2, -0.15) is 0 Å². The van der Waals surface area contributed by atoms with E-state index < -0.39 is 0 Å². The molecule has 0 spiro atoms. The predicted molar refractivity (Wildman–Crippen MR) is 114 cm³/mol. The molecule has 154 valence electrons. The lowest BCUT2D eigenvalue weighted by atomic mass is 10.1. The van der Waals surface area contributed by atoms with Crippen molar-refractivity contribution < 1.29 is 14.3 Å². The molecule has 0 aromatic heterocycles. The minimum Gasteiger partial charge on any atom is -0.497 e. The van der Waals surface area contributed by atoms with Crippen molar-refractivity contribution in [2.45, 2.75) is 12.8 Å². The van der Waals surface area contributed by atoms with Crippen molar-refractivity contribution in [3.63, 3.8) is 0 Å². The Morgan fingerprint density at radius 1 is 0.966 bits per heavy atom. The summed E-state index contributed by atoms with van der Waals surface area (Å²) in [5.41, 5.74) is 2.03. The number of hydrogen-bond acceptors (Lipinski definition) is 4. The number of aryl methyl sites for hydroxylation is 1. The van der Waals surface area contributed by atoms with Crippen molar-refractivity contribution in [3.05, 3.63) is 60.2 Å². The van der Waals surface area contributed by atoms with Crippen LogP contribution in [0.4, 0.5) is 5.69 Å². The van der Waals surface area contributed by atoms with Gasteiger partial charge in [0.2, 0.25) is 11.8 Å². The molecule has 0 unspecified atom stereocenters. The molecule has 1 aliphatic heterocycles. The van der Waals surface area contributed by atoms with E-state index in [2.05, 4.69) is 4.90 Å². The Hall–Kier alpha value is -2.86. The van der Waals surface area contributed by atoms with Crippen LogP contribution < -0.4 is 9.64 Å². The number of nitrogens with zero attached hydrogens (tertiary/aromatic N) is 3. The SMILES string of the molecule is COc1ccc(CCC(=O)N2CCN(CC(=O)N(C)c3ccccc3)CC2)cc1. The van der Waals surface area contributed by atoms with E-state index in [1.165, 1.54) is 0 Å². The standard InChI is InChI=1S/C23H29N3O3/c1-24(20-6-4-3-5-7-20)23(28)18-25-14-16-26(17-15-25)22(27)13-10-19-8-11-21(29-2)12-9-19/h3-9,11-12H,10,13-18H2,1-2H3. The highest BCUT2D eigenvalue weighted by molar-refractivity contribution is 5.94. The predicted octanol–water partition coefficient (Wildman–Crippen LogP) is 2.43. The molecule has 6 heteroatoms. The number of piperazine rings is 1. The molecule has 2 aromatic rings. The minimum atomic E-state index is 0.0653. The van der Waals surface area contributed by atoms with Crippen LogP contribution in [0.3, 0.4) is 0 Å². The molecule has 0 radical (unpaired) electrons. The molecule has 1 saturated heterocycles. The van der Waals surface area contributed by atoms with Gasteiger partial charge < -0.3 is 14.5 Å². The second-order valence-electron chi connectivity index (χ2n) is 7.29. The van der Waals surface area contributed by atoms with Gasteiger partial charge in [-0.15, -0.1) is 0 Å². The molecular weight excluding hydrogens is 366 g/mol. The van der Waals surface area contributed by atoms with E-state index in [-0.39, 0.29) is 11.8 Å². The van der Waals surface area contributed by atoms with Gasteiger partial charge >= 0.3 is 0 Å². The highest BCUT2D eigenvalue weighted by Gasteiger charge is 2.23. The molecule has 1 aliphatic rings. The third-order valence-electron chi connectivity index (χ3n) is 5.39. The maximum atomic E-state index is 12.5. The van der Waals surface area contributed by atoms with Crippen LogP contribution in [0.15, 0.2) is 54.6 Å². The first-order chi connectivity index (χ1) is 14.1. The number of carbonyl (C=O) groups is 2. The van der Waals surface area contributed by atoms with Gasteiger partial charge in [0.1, 0.15) is 5.75 Å². The number of anilines is 1.